The van der Waals surface area contributed by atoms with Crippen LogP contribution in [0.4, 0.5) is 17.6 Å². The maximum absolute atomic E-state index is 12.5. The molecule has 0 saturated heterocycles. The van der Waals surface area contributed by atoms with E-state index in [9.17, 15) is 26.0 Å². The Balaban J connectivity index is 2.81. The normalized spacial score (nSPS) is 12.7. The van der Waals surface area contributed by atoms with Crippen LogP contribution >= 0.6 is 11.3 Å². The first kappa shape index (κ1) is 14.9. The minimum absolute atomic E-state index is 0.0657. The maximum atomic E-state index is 12.5. The zero-order valence-electron chi connectivity index (χ0n) is 8.53. The summed E-state index contributed by atoms with van der Waals surface area (Å²) >= 11 is 0.555. The number of nitrogens with zero attached hydrogens (tertiary/aromatic N) is 1. The van der Waals surface area contributed by atoms with Gasteiger partial charge in [0.15, 0.2) is 0 Å². The van der Waals surface area contributed by atoms with Gasteiger partial charge in [-0.3, -0.25) is 0 Å². The van der Waals surface area contributed by atoms with Gasteiger partial charge in [-0.2, -0.15) is 14.0 Å². The van der Waals surface area contributed by atoms with Gasteiger partial charge in [0.05, 0.1) is 6.54 Å². The van der Waals surface area contributed by atoms with Crippen molar-refractivity contribution in [1.29, 1.82) is 5.26 Å². The summed E-state index contributed by atoms with van der Waals surface area (Å²) in [6.07, 6.45) is -3.96. The lowest BCUT2D eigenvalue weighted by atomic mass is 10.4. The van der Waals surface area contributed by atoms with E-state index < -0.39 is 28.9 Å². The lowest BCUT2D eigenvalue weighted by molar-refractivity contribution is -0.122. The highest BCUT2D eigenvalue weighted by atomic mass is 32.2. The number of nitriles is 1. The van der Waals surface area contributed by atoms with Crippen LogP contribution < -0.4 is 4.72 Å². The quantitative estimate of drug-likeness (QED) is 0.843. The van der Waals surface area contributed by atoms with E-state index in [4.69, 9.17) is 5.26 Å². The Kier molecular flexibility index (Phi) is 4.31. The largest absolute Gasteiger partial charge is 0.320 e. The Morgan fingerprint density at radius 1 is 1.44 bits per heavy atom. The summed E-state index contributed by atoms with van der Waals surface area (Å²) in [6.45, 7) is -1.70. The molecule has 0 atom stereocenters. The molecule has 100 valence electrons. The minimum Gasteiger partial charge on any atom is -0.206 e. The van der Waals surface area contributed by atoms with Crippen molar-refractivity contribution in [2.75, 3.05) is 6.54 Å². The first-order valence-electron chi connectivity index (χ1n) is 4.34. The van der Waals surface area contributed by atoms with Gasteiger partial charge in [-0.25, -0.2) is 21.9 Å². The standard InChI is InChI=1S/C8H6F4N2O2S2/c9-7(10)8(11,12)4-14-18(15,16)6-2-1-5(3-13)17-6/h1-2,7,14H,4H2. The molecule has 18 heavy (non-hydrogen) atoms. The fourth-order valence-electron chi connectivity index (χ4n) is 0.864. The number of nitrogens with one attached hydrogen (secondary N) is 1. The van der Waals surface area contributed by atoms with Gasteiger partial charge in [-0.15, -0.1) is 11.3 Å². The summed E-state index contributed by atoms with van der Waals surface area (Å²) in [5, 5.41) is 8.47. The van der Waals surface area contributed by atoms with E-state index in [2.05, 4.69) is 0 Å². The van der Waals surface area contributed by atoms with Crippen molar-refractivity contribution >= 4 is 21.4 Å². The third kappa shape index (κ3) is 3.41. The van der Waals surface area contributed by atoms with Crippen molar-refractivity contribution < 1.29 is 26.0 Å². The summed E-state index contributed by atoms with van der Waals surface area (Å²) < 4.78 is 72.6. The zero-order chi connectivity index (χ0) is 14.0. The first-order valence-corrected chi connectivity index (χ1v) is 6.64. The summed E-state index contributed by atoms with van der Waals surface area (Å²) in [5.74, 6) is -4.44. The van der Waals surface area contributed by atoms with Crippen molar-refractivity contribution in [3.05, 3.63) is 17.0 Å². The second kappa shape index (κ2) is 5.21. The average molecular weight is 302 g/mol. The maximum Gasteiger partial charge on any atom is 0.320 e. The number of rotatable bonds is 5. The molecule has 0 aliphatic carbocycles. The number of halogens is 4. The van der Waals surface area contributed by atoms with Crippen molar-refractivity contribution in [1.82, 2.24) is 4.72 Å². The Labute approximate surface area is 104 Å². The number of hydrogen-bond donors (Lipinski definition) is 1. The van der Waals surface area contributed by atoms with Crippen LogP contribution in [0.1, 0.15) is 4.88 Å². The van der Waals surface area contributed by atoms with Gasteiger partial charge >= 0.3 is 12.3 Å². The summed E-state index contributed by atoms with van der Waals surface area (Å²) in [7, 11) is -4.31. The highest BCUT2D eigenvalue weighted by molar-refractivity contribution is 7.91. The molecular formula is C8H6F4N2O2S2. The van der Waals surface area contributed by atoms with E-state index in [1.165, 1.54) is 10.8 Å². The van der Waals surface area contributed by atoms with Crippen molar-refractivity contribution in [3.8, 4) is 6.07 Å². The topological polar surface area (TPSA) is 70.0 Å². The molecule has 0 fully saturated rings. The number of alkyl halides is 4. The lowest BCUT2D eigenvalue weighted by Gasteiger charge is -2.15. The fraction of sp³-hybridized carbons (Fsp3) is 0.375. The van der Waals surface area contributed by atoms with Crippen LogP contribution in [-0.2, 0) is 10.0 Å². The van der Waals surface area contributed by atoms with Gasteiger partial charge in [-0.05, 0) is 12.1 Å². The van der Waals surface area contributed by atoms with Crippen LogP contribution in [0, 0.1) is 11.3 Å². The molecule has 0 saturated carbocycles. The molecule has 0 spiro atoms. The molecule has 0 aliphatic heterocycles. The van der Waals surface area contributed by atoms with Gasteiger partial charge in [0.25, 0.3) is 0 Å². The molecule has 0 aromatic carbocycles. The highest BCUT2D eigenvalue weighted by Gasteiger charge is 2.41. The SMILES string of the molecule is N#Cc1ccc(S(=O)(=O)NCC(F)(F)C(F)F)s1. The first-order chi connectivity index (χ1) is 8.19. The second-order valence-corrected chi connectivity index (χ2v) is 6.19. The number of sulfonamides is 1. The molecule has 1 aromatic heterocycles. The number of hydrogen-bond acceptors (Lipinski definition) is 4. The van der Waals surface area contributed by atoms with E-state index in [1.807, 2.05) is 0 Å². The molecule has 0 amide bonds. The van der Waals surface area contributed by atoms with Crippen LogP contribution in [-0.4, -0.2) is 27.3 Å². The third-order valence-corrected chi connectivity index (χ3v) is 4.66. The van der Waals surface area contributed by atoms with Gasteiger partial charge in [0.1, 0.15) is 15.2 Å². The molecule has 0 aliphatic rings. The van der Waals surface area contributed by atoms with Crippen molar-refractivity contribution in [2.24, 2.45) is 0 Å². The highest BCUT2D eigenvalue weighted by Crippen LogP contribution is 2.24. The zero-order valence-corrected chi connectivity index (χ0v) is 10.2. The Hall–Kier alpha value is -1.18. The molecule has 0 unspecified atom stereocenters. The predicted octanol–water partition coefficient (Wildman–Crippen LogP) is 1.80. The fourth-order valence-corrected chi connectivity index (χ4v) is 3.06. The Bertz CT molecular complexity index is 562. The van der Waals surface area contributed by atoms with Crippen LogP contribution in [0.3, 0.4) is 0 Å². The monoisotopic (exact) mass is 302 g/mol. The van der Waals surface area contributed by atoms with Crippen molar-refractivity contribution in [3.63, 3.8) is 0 Å². The van der Waals surface area contributed by atoms with E-state index in [0.29, 0.717) is 11.3 Å². The Morgan fingerprint density at radius 3 is 2.50 bits per heavy atom. The molecule has 0 bridgehead atoms. The molecule has 1 aromatic rings. The van der Waals surface area contributed by atoms with Crippen LogP contribution in [0.15, 0.2) is 16.3 Å². The van der Waals surface area contributed by atoms with Gasteiger partial charge < -0.3 is 0 Å². The summed E-state index contributed by atoms with van der Waals surface area (Å²) in [5.41, 5.74) is 0. The minimum atomic E-state index is -4.44. The van der Waals surface area contributed by atoms with Crippen molar-refractivity contribution in [2.45, 2.75) is 16.6 Å². The Morgan fingerprint density at radius 2 is 2.06 bits per heavy atom. The van der Waals surface area contributed by atoms with Crippen LogP contribution in [0.5, 0.6) is 0 Å². The average Bonchev–Trinajstić information content (AvgIpc) is 2.75. The van der Waals surface area contributed by atoms with E-state index in [-0.39, 0.29) is 9.09 Å². The summed E-state index contributed by atoms with van der Waals surface area (Å²) in [6, 6.07) is 3.89. The van der Waals surface area contributed by atoms with Gasteiger partial charge in [0.2, 0.25) is 10.0 Å². The third-order valence-electron chi connectivity index (χ3n) is 1.77. The molecular weight excluding hydrogens is 296 g/mol. The molecule has 0 radical (unpaired) electrons. The van der Waals surface area contributed by atoms with Gasteiger partial charge in [-0.1, -0.05) is 0 Å². The van der Waals surface area contributed by atoms with E-state index in [0.717, 1.165) is 6.07 Å². The van der Waals surface area contributed by atoms with Gasteiger partial charge in [0, 0.05) is 0 Å². The molecule has 10 heteroatoms. The molecule has 1 rings (SSSR count). The lowest BCUT2D eigenvalue weighted by Crippen LogP contribution is -2.41. The number of thiophene rings is 1. The molecule has 1 heterocycles. The van der Waals surface area contributed by atoms with Crippen LogP contribution in [0.25, 0.3) is 0 Å². The molecule has 4 nitrogen and oxygen atoms in total. The predicted molar refractivity (Wildman–Crippen MR) is 55.2 cm³/mol. The van der Waals surface area contributed by atoms with E-state index in [1.54, 1.807) is 6.07 Å². The van der Waals surface area contributed by atoms with Crippen LogP contribution in [0.2, 0.25) is 0 Å². The molecule has 1 N–H and O–H groups in total. The summed E-state index contributed by atoms with van der Waals surface area (Å²) in [4.78, 5) is 0.0657. The smallest absolute Gasteiger partial charge is 0.206 e. The second-order valence-electron chi connectivity index (χ2n) is 3.12. The van der Waals surface area contributed by atoms with E-state index >= 15 is 0 Å².